The maximum atomic E-state index is 11.4. The van der Waals surface area contributed by atoms with Gasteiger partial charge >= 0.3 is 0 Å². The Morgan fingerprint density at radius 1 is 1.40 bits per heavy atom. The molecular formula is C11H16N2O2. The average Bonchev–Trinajstić information content (AvgIpc) is 2.17. The molecule has 2 amide bonds. The summed E-state index contributed by atoms with van der Waals surface area (Å²) in [5, 5.41) is 0. The zero-order chi connectivity index (χ0) is 11.6. The molecule has 4 N–H and O–H groups in total. The Kier molecular flexibility index (Phi) is 2.98. The van der Waals surface area contributed by atoms with Gasteiger partial charge in [0.25, 0.3) is 0 Å². The first kappa shape index (κ1) is 11.5. The number of carbonyl (C=O) groups is 2. The number of hydrogen-bond acceptors (Lipinski definition) is 2. The Bertz CT molecular complexity index is 356. The molecule has 1 aliphatic carbocycles. The van der Waals surface area contributed by atoms with E-state index in [1.54, 1.807) is 18.2 Å². The smallest absolute Gasteiger partial charge is 0.248 e. The molecule has 82 valence electrons. The number of nitrogens with two attached hydrogens (primary N) is 2. The maximum absolute atomic E-state index is 11.4. The van der Waals surface area contributed by atoms with Crippen molar-refractivity contribution in [3.05, 3.63) is 23.8 Å². The van der Waals surface area contributed by atoms with E-state index in [1.807, 2.05) is 13.8 Å². The summed E-state index contributed by atoms with van der Waals surface area (Å²) in [6.07, 6.45) is 5.39. The van der Waals surface area contributed by atoms with Crippen molar-refractivity contribution in [3.63, 3.8) is 0 Å². The topological polar surface area (TPSA) is 86.2 Å². The lowest BCUT2D eigenvalue weighted by molar-refractivity contribution is -0.127. The van der Waals surface area contributed by atoms with E-state index in [-0.39, 0.29) is 11.8 Å². The number of primary amides is 2. The summed E-state index contributed by atoms with van der Waals surface area (Å²) in [5.74, 6) is -0.751. The lowest BCUT2D eigenvalue weighted by Crippen LogP contribution is -2.40. The van der Waals surface area contributed by atoms with E-state index >= 15 is 0 Å². The van der Waals surface area contributed by atoms with Crippen LogP contribution in [-0.4, -0.2) is 11.8 Å². The third kappa shape index (κ3) is 1.93. The Balaban J connectivity index is 2.99. The van der Waals surface area contributed by atoms with Gasteiger partial charge in [0.2, 0.25) is 11.8 Å². The van der Waals surface area contributed by atoms with Gasteiger partial charge in [0.1, 0.15) is 0 Å². The van der Waals surface area contributed by atoms with Crippen molar-refractivity contribution in [1.82, 2.24) is 0 Å². The molecule has 0 aromatic rings. The van der Waals surface area contributed by atoms with Crippen LogP contribution in [-0.2, 0) is 9.59 Å². The highest BCUT2D eigenvalue weighted by molar-refractivity contribution is 5.96. The summed E-state index contributed by atoms with van der Waals surface area (Å²) >= 11 is 0. The summed E-state index contributed by atoms with van der Waals surface area (Å²) in [7, 11) is 0. The highest BCUT2D eigenvalue weighted by Crippen LogP contribution is 2.36. The number of rotatable bonds is 3. The fraction of sp³-hybridized carbons (Fsp3) is 0.455. The molecule has 0 bridgehead atoms. The van der Waals surface area contributed by atoms with Crippen LogP contribution in [0.3, 0.4) is 0 Å². The molecular weight excluding hydrogens is 192 g/mol. The summed E-state index contributed by atoms with van der Waals surface area (Å²) in [4.78, 5) is 22.3. The minimum Gasteiger partial charge on any atom is -0.369 e. The molecule has 15 heavy (non-hydrogen) atoms. The van der Waals surface area contributed by atoms with E-state index in [0.29, 0.717) is 12.0 Å². The van der Waals surface area contributed by atoms with Crippen molar-refractivity contribution in [1.29, 1.82) is 0 Å². The molecule has 1 unspecified atom stereocenters. The third-order valence-corrected chi connectivity index (χ3v) is 2.99. The van der Waals surface area contributed by atoms with Gasteiger partial charge in [-0.15, -0.1) is 0 Å². The van der Waals surface area contributed by atoms with Crippen molar-refractivity contribution in [2.75, 3.05) is 0 Å². The highest BCUT2D eigenvalue weighted by atomic mass is 16.1. The van der Waals surface area contributed by atoms with Crippen molar-refractivity contribution in [2.45, 2.75) is 20.3 Å². The quantitative estimate of drug-likeness (QED) is 0.707. The van der Waals surface area contributed by atoms with Crippen LogP contribution in [0.4, 0.5) is 0 Å². The van der Waals surface area contributed by atoms with Gasteiger partial charge in [-0.25, -0.2) is 0 Å². The normalized spacial score (nSPS) is 25.1. The van der Waals surface area contributed by atoms with Gasteiger partial charge in [-0.3, -0.25) is 9.59 Å². The lowest BCUT2D eigenvalue weighted by Gasteiger charge is -2.32. The molecule has 0 saturated heterocycles. The Morgan fingerprint density at radius 3 is 2.27 bits per heavy atom. The van der Waals surface area contributed by atoms with Crippen LogP contribution in [0.2, 0.25) is 0 Å². The van der Waals surface area contributed by atoms with Gasteiger partial charge < -0.3 is 11.5 Å². The van der Waals surface area contributed by atoms with Crippen LogP contribution in [0.5, 0.6) is 0 Å². The van der Waals surface area contributed by atoms with Crippen molar-refractivity contribution >= 4 is 11.8 Å². The summed E-state index contributed by atoms with van der Waals surface area (Å²) in [5.41, 5.74) is 10.3. The van der Waals surface area contributed by atoms with Crippen molar-refractivity contribution in [3.8, 4) is 0 Å². The van der Waals surface area contributed by atoms with Crippen molar-refractivity contribution < 1.29 is 9.59 Å². The van der Waals surface area contributed by atoms with Crippen LogP contribution < -0.4 is 11.5 Å². The first-order valence-electron chi connectivity index (χ1n) is 4.89. The molecule has 0 aromatic heterocycles. The molecule has 0 aliphatic heterocycles. The van der Waals surface area contributed by atoms with Crippen LogP contribution in [0, 0.1) is 11.3 Å². The van der Waals surface area contributed by atoms with E-state index in [9.17, 15) is 9.59 Å². The molecule has 0 aromatic carbocycles. The van der Waals surface area contributed by atoms with E-state index < -0.39 is 11.3 Å². The minimum atomic E-state index is -0.682. The first-order valence-corrected chi connectivity index (χ1v) is 4.89. The number of carbonyl (C=O) groups excluding carboxylic acids is 2. The molecule has 4 nitrogen and oxygen atoms in total. The Morgan fingerprint density at radius 2 is 2.00 bits per heavy atom. The van der Waals surface area contributed by atoms with Crippen molar-refractivity contribution in [2.24, 2.45) is 22.8 Å². The SMILES string of the molecule is CC(C)C1(C(N)=O)C=CC(C(N)=O)=CC1. The molecule has 4 heteroatoms. The second kappa shape index (κ2) is 3.88. The number of amides is 2. The fourth-order valence-corrected chi connectivity index (χ4v) is 1.73. The lowest BCUT2D eigenvalue weighted by atomic mass is 9.71. The van der Waals surface area contributed by atoms with E-state index in [1.165, 1.54) is 0 Å². The van der Waals surface area contributed by atoms with Gasteiger partial charge in [-0.05, 0) is 12.3 Å². The van der Waals surface area contributed by atoms with Crippen LogP contribution in [0.15, 0.2) is 23.8 Å². The molecule has 0 heterocycles. The van der Waals surface area contributed by atoms with Gasteiger partial charge in [-0.2, -0.15) is 0 Å². The molecule has 1 atom stereocenters. The van der Waals surface area contributed by atoms with Gasteiger partial charge in [0.15, 0.2) is 0 Å². The monoisotopic (exact) mass is 208 g/mol. The predicted octanol–water partition coefficient (Wildman–Crippen LogP) is 0.486. The fourth-order valence-electron chi connectivity index (χ4n) is 1.73. The second-order valence-corrected chi connectivity index (χ2v) is 4.12. The molecule has 0 saturated carbocycles. The highest BCUT2D eigenvalue weighted by Gasteiger charge is 2.38. The molecule has 1 aliphatic rings. The zero-order valence-electron chi connectivity index (χ0n) is 8.99. The van der Waals surface area contributed by atoms with Crippen LogP contribution in [0.1, 0.15) is 20.3 Å². The second-order valence-electron chi connectivity index (χ2n) is 4.12. The molecule has 0 spiro atoms. The summed E-state index contributed by atoms with van der Waals surface area (Å²) < 4.78 is 0. The maximum Gasteiger partial charge on any atom is 0.248 e. The van der Waals surface area contributed by atoms with E-state index in [2.05, 4.69) is 0 Å². The van der Waals surface area contributed by atoms with Crippen LogP contribution >= 0.6 is 0 Å². The zero-order valence-corrected chi connectivity index (χ0v) is 8.99. The van der Waals surface area contributed by atoms with Crippen LogP contribution in [0.25, 0.3) is 0 Å². The average molecular weight is 208 g/mol. The molecule has 0 fully saturated rings. The van der Waals surface area contributed by atoms with E-state index in [4.69, 9.17) is 11.5 Å². The predicted molar refractivity (Wildman–Crippen MR) is 57.5 cm³/mol. The minimum absolute atomic E-state index is 0.0944. The molecule has 0 radical (unpaired) electrons. The number of allylic oxidation sites excluding steroid dienone is 1. The van der Waals surface area contributed by atoms with Gasteiger partial charge in [0, 0.05) is 5.57 Å². The standard InChI is InChI=1S/C11H16N2O2/c1-7(2)11(10(13)15)5-3-8(4-6-11)9(12)14/h3-5,7H,6H2,1-2H3,(H2,12,14)(H2,13,15). The Labute approximate surface area is 89.0 Å². The first-order chi connectivity index (χ1) is 6.90. The summed E-state index contributed by atoms with van der Waals surface area (Å²) in [6.45, 7) is 3.86. The van der Waals surface area contributed by atoms with Gasteiger partial charge in [0.05, 0.1) is 5.41 Å². The third-order valence-electron chi connectivity index (χ3n) is 2.99. The largest absolute Gasteiger partial charge is 0.369 e. The molecule has 1 rings (SSSR count). The Hall–Kier alpha value is -1.58. The number of hydrogen-bond donors (Lipinski definition) is 2. The summed E-state index contributed by atoms with van der Waals surface area (Å²) in [6, 6.07) is 0. The van der Waals surface area contributed by atoms with E-state index in [0.717, 1.165) is 0 Å². The van der Waals surface area contributed by atoms with Gasteiger partial charge in [-0.1, -0.05) is 32.1 Å².